The number of fused-ring (bicyclic) bond motifs is 1. The largest absolute Gasteiger partial charge is 0.493 e. The van der Waals surface area contributed by atoms with Gasteiger partial charge in [-0.2, -0.15) is 0 Å². The number of hydrogen-bond donors (Lipinski definition) is 1. The van der Waals surface area contributed by atoms with Gasteiger partial charge >= 0.3 is 5.97 Å². The van der Waals surface area contributed by atoms with E-state index in [0.717, 1.165) is 17.7 Å². The average Bonchev–Trinajstić information content (AvgIpc) is 2.71. The molecule has 0 fully saturated rings. The highest BCUT2D eigenvalue weighted by Crippen LogP contribution is 2.31. The Balaban J connectivity index is 1.79. The summed E-state index contributed by atoms with van der Waals surface area (Å²) >= 11 is 6.20. The lowest BCUT2D eigenvalue weighted by molar-refractivity contribution is -0.148. The number of benzene rings is 2. The van der Waals surface area contributed by atoms with Gasteiger partial charge in [-0.15, -0.1) is 0 Å². The predicted molar refractivity (Wildman–Crippen MR) is 109 cm³/mol. The first kappa shape index (κ1) is 20.0. The van der Waals surface area contributed by atoms with E-state index in [9.17, 15) is 9.90 Å². The van der Waals surface area contributed by atoms with Crippen LogP contribution in [0.4, 0.5) is 0 Å². The van der Waals surface area contributed by atoms with Crippen molar-refractivity contribution in [3.63, 3.8) is 0 Å². The van der Waals surface area contributed by atoms with Crippen molar-refractivity contribution in [1.82, 2.24) is 4.98 Å². The molecule has 1 heterocycles. The van der Waals surface area contributed by atoms with Crippen LogP contribution in [0.3, 0.4) is 0 Å². The summed E-state index contributed by atoms with van der Waals surface area (Å²) in [6.07, 6.45) is 1.38. The Morgan fingerprint density at radius 1 is 1.14 bits per heavy atom. The van der Waals surface area contributed by atoms with Crippen molar-refractivity contribution >= 4 is 28.5 Å². The zero-order valence-corrected chi connectivity index (χ0v) is 16.5. The van der Waals surface area contributed by atoms with Crippen molar-refractivity contribution in [3.05, 3.63) is 65.3 Å². The predicted octanol–water partition coefficient (Wildman–Crippen LogP) is 5.00. The monoisotopic (exact) mass is 399 g/mol. The standard InChI is InChI=1S/C22H22ClNO4/c1-3-15-7-4-5-9-18(15)27-13-14(2)21(22(25)26)28-19-11-10-17(23)16-8-6-12-24-20(16)19/h4-12,14,21H,3,13H2,1-2H3,(H,25,26). The molecule has 0 saturated carbocycles. The lowest BCUT2D eigenvalue weighted by atomic mass is 10.1. The molecule has 2 unspecified atom stereocenters. The molecule has 1 N–H and O–H groups in total. The summed E-state index contributed by atoms with van der Waals surface area (Å²) in [5.74, 6) is -0.302. The molecule has 0 amide bonds. The van der Waals surface area contributed by atoms with Crippen molar-refractivity contribution < 1.29 is 19.4 Å². The van der Waals surface area contributed by atoms with Gasteiger partial charge in [0.2, 0.25) is 6.10 Å². The molecule has 28 heavy (non-hydrogen) atoms. The fourth-order valence-electron chi connectivity index (χ4n) is 3.00. The Hall–Kier alpha value is -2.79. The molecular weight excluding hydrogens is 378 g/mol. The van der Waals surface area contributed by atoms with Gasteiger partial charge in [-0.3, -0.25) is 4.98 Å². The summed E-state index contributed by atoms with van der Waals surface area (Å²) in [7, 11) is 0. The first-order valence-electron chi connectivity index (χ1n) is 9.14. The normalized spacial score (nSPS) is 13.1. The molecule has 0 aliphatic carbocycles. The number of carbonyl (C=O) groups is 1. The third kappa shape index (κ3) is 4.37. The summed E-state index contributed by atoms with van der Waals surface area (Å²) in [6, 6.07) is 14.7. The van der Waals surface area contributed by atoms with Gasteiger partial charge < -0.3 is 14.6 Å². The van der Waals surface area contributed by atoms with Crippen molar-refractivity contribution in [1.29, 1.82) is 0 Å². The van der Waals surface area contributed by atoms with Crippen LogP contribution >= 0.6 is 11.6 Å². The summed E-state index contributed by atoms with van der Waals surface area (Å²) in [4.78, 5) is 16.2. The van der Waals surface area contributed by atoms with E-state index < -0.39 is 18.0 Å². The number of aliphatic carboxylic acids is 1. The average molecular weight is 400 g/mol. The van der Waals surface area contributed by atoms with Gasteiger partial charge in [0.25, 0.3) is 0 Å². The molecule has 0 radical (unpaired) electrons. The number of nitrogens with zero attached hydrogens (tertiary/aromatic N) is 1. The van der Waals surface area contributed by atoms with Crippen LogP contribution in [-0.4, -0.2) is 28.8 Å². The summed E-state index contributed by atoms with van der Waals surface area (Å²) in [5.41, 5.74) is 1.61. The second-order valence-electron chi connectivity index (χ2n) is 6.57. The fourth-order valence-corrected chi connectivity index (χ4v) is 3.21. The zero-order chi connectivity index (χ0) is 20.1. The molecule has 0 aliphatic heterocycles. The maximum Gasteiger partial charge on any atom is 0.345 e. The van der Waals surface area contributed by atoms with Crippen molar-refractivity contribution in [2.45, 2.75) is 26.4 Å². The molecule has 146 valence electrons. The Kier molecular flexibility index (Phi) is 6.37. The lowest BCUT2D eigenvalue weighted by Gasteiger charge is -2.23. The third-order valence-electron chi connectivity index (χ3n) is 4.55. The van der Waals surface area contributed by atoms with E-state index in [1.165, 1.54) is 0 Å². The van der Waals surface area contributed by atoms with E-state index in [0.29, 0.717) is 21.7 Å². The van der Waals surface area contributed by atoms with Crippen molar-refractivity contribution in [3.8, 4) is 11.5 Å². The molecule has 0 aliphatic rings. The van der Waals surface area contributed by atoms with Gasteiger partial charge in [-0.05, 0) is 42.3 Å². The minimum Gasteiger partial charge on any atom is -0.493 e. The van der Waals surface area contributed by atoms with Gasteiger partial charge in [-0.1, -0.05) is 43.6 Å². The van der Waals surface area contributed by atoms with E-state index in [2.05, 4.69) is 4.98 Å². The number of rotatable bonds is 8. The Morgan fingerprint density at radius 3 is 2.68 bits per heavy atom. The number of hydrogen-bond acceptors (Lipinski definition) is 4. The zero-order valence-electron chi connectivity index (χ0n) is 15.8. The number of para-hydroxylation sites is 1. The Labute approximate surface area is 168 Å². The summed E-state index contributed by atoms with van der Waals surface area (Å²) < 4.78 is 11.7. The third-order valence-corrected chi connectivity index (χ3v) is 4.88. The number of halogens is 1. The number of ether oxygens (including phenoxy) is 2. The SMILES string of the molecule is CCc1ccccc1OCC(C)C(Oc1ccc(Cl)c2cccnc12)C(=O)O. The van der Waals surface area contributed by atoms with Crippen LogP contribution in [-0.2, 0) is 11.2 Å². The van der Waals surface area contributed by atoms with Crippen LogP contribution in [0.1, 0.15) is 19.4 Å². The van der Waals surface area contributed by atoms with E-state index in [1.54, 1.807) is 31.3 Å². The number of carboxylic acids is 1. The minimum absolute atomic E-state index is 0.215. The van der Waals surface area contributed by atoms with Crippen LogP contribution in [0.15, 0.2) is 54.7 Å². The molecule has 2 atom stereocenters. The van der Waals surface area contributed by atoms with Gasteiger partial charge in [-0.25, -0.2) is 4.79 Å². The second kappa shape index (κ2) is 8.93. The molecule has 0 spiro atoms. The Morgan fingerprint density at radius 2 is 1.93 bits per heavy atom. The first-order valence-corrected chi connectivity index (χ1v) is 9.52. The highest BCUT2D eigenvalue weighted by Gasteiger charge is 2.28. The molecule has 0 saturated heterocycles. The number of aromatic nitrogens is 1. The molecule has 0 bridgehead atoms. The topological polar surface area (TPSA) is 68.7 Å². The molecule has 3 rings (SSSR count). The van der Waals surface area contributed by atoms with Crippen molar-refractivity contribution in [2.24, 2.45) is 5.92 Å². The highest BCUT2D eigenvalue weighted by atomic mass is 35.5. The van der Waals surface area contributed by atoms with E-state index in [4.69, 9.17) is 21.1 Å². The van der Waals surface area contributed by atoms with Crippen LogP contribution in [0, 0.1) is 5.92 Å². The molecule has 1 aromatic heterocycles. The van der Waals surface area contributed by atoms with E-state index in [-0.39, 0.29) is 6.61 Å². The second-order valence-corrected chi connectivity index (χ2v) is 6.98. The van der Waals surface area contributed by atoms with E-state index in [1.807, 2.05) is 37.3 Å². The quantitative estimate of drug-likeness (QED) is 0.577. The number of aryl methyl sites for hydroxylation is 1. The highest BCUT2D eigenvalue weighted by molar-refractivity contribution is 6.35. The molecular formula is C22H22ClNO4. The molecule has 5 nitrogen and oxygen atoms in total. The molecule has 6 heteroatoms. The molecule has 3 aromatic rings. The molecule has 2 aromatic carbocycles. The van der Waals surface area contributed by atoms with Crippen LogP contribution in [0.2, 0.25) is 5.02 Å². The minimum atomic E-state index is -1.08. The smallest absolute Gasteiger partial charge is 0.345 e. The summed E-state index contributed by atoms with van der Waals surface area (Å²) in [5, 5.41) is 11.0. The maximum atomic E-state index is 11.9. The lowest BCUT2D eigenvalue weighted by Crippen LogP contribution is -2.36. The number of pyridine rings is 1. The van der Waals surface area contributed by atoms with Crippen LogP contribution < -0.4 is 9.47 Å². The summed E-state index contributed by atoms with van der Waals surface area (Å²) in [6.45, 7) is 4.05. The van der Waals surface area contributed by atoms with Gasteiger partial charge in [0.15, 0.2) is 0 Å². The van der Waals surface area contributed by atoms with Crippen molar-refractivity contribution in [2.75, 3.05) is 6.61 Å². The van der Waals surface area contributed by atoms with Crippen LogP contribution in [0.25, 0.3) is 10.9 Å². The fraction of sp³-hybridized carbons (Fsp3) is 0.273. The Bertz CT molecular complexity index is 976. The van der Waals surface area contributed by atoms with E-state index >= 15 is 0 Å². The first-order chi connectivity index (χ1) is 13.5. The van der Waals surface area contributed by atoms with Gasteiger partial charge in [0, 0.05) is 17.5 Å². The van der Waals surface area contributed by atoms with Gasteiger partial charge in [0.05, 0.1) is 11.6 Å². The number of carboxylic acid groups (broad SMARTS) is 1. The van der Waals surface area contributed by atoms with Crippen LogP contribution in [0.5, 0.6) is 11.5 Å². The van der Waals surface area contributed by atoms with Gasteiger partial charge in [0.1, 0.15) is 17.0 Å². The maximum absolute atomic E-state index is 11.9.